The van der Waals surface area contributed by atoms with Gasteiger partial charge in [0.15, 0.2) is 0 Å². The van der Waals surface area contributed by atoms with Crippen LogP contribution in [0.1, 0.15) is 16.7 Å². The Morgan fingerprint density at radius 2 is 1.73 bits per heavy atom. The predicted octanol–water partition coefficient (Wildman–Crippen LogP) is 2.03. The fourth-order valence-electron chi connectivity index (χ4n) is 2.20. The van der Waals surface area contributed by atoms with Crippen LogP contribution < -0.4 is 10.5 Å². The molecule has 0 aliphatic carbocycles. The fourth-order valence-corrected chi connectivity index (χ4v) is 2.72. The molecule has 0 saturated carbocycles. The Morgan fingerprint density at radius 1 is 1.12 bits per heavy atom. The van der Waals surface area contributed by atoms with Crippen molar-refractivity contribution in [3.63, 3.8) is 0 Å². The van der Waals surface area contributed by atoms with Crippen molar-refractivity contribution in [1.82, 2.24) is 0 Å². The molecule has 10 heteroatoms. The van der Waals surface area contributed by atoms with Gasteiger partial charge in [-0.2, -0.15) is 13.2 Å². The van der Waals surface area contributed by atoms with Crippen molar-refractivity contribution in [3.8, 4) is 0 Å². The van der Waals surface area contributed by atoms with Crippen molar-refractivity contribution in [2.45, 2.75) is 24.1 Å². The standard InChI is InChI=1S/C16H15F3N2O4S/c17-16(18,19)12-3-6-14(11(8-12)9-22)21-15(23)7-10-1-4-13(5-2-10)26(20,24)25/h1-6,8,22H,7,9H2,(H,21,23)(H2,20,24,25). The Labute approximate surface area is 147 Å². The molecule has 0 fully saturated rings. The van der Waals surface area contributed by atoms with Crippen molar-refractivity contribution >= 4 is 21.6 Å². The van der Waals surface area contributed by atoms with Gasteiger partial charge in [0.25, 0.3) is 0 Å². The number of primary sulfonamides is 1. The third kappa shape index (κ3) is 5.04. The number of aliphatic hydroxyl groups is 1. The van der Waals surface area contributed by atoms with E-state index in [9.17, 15) is 31.5 Å². The lowest BCUT2D eigenvalue weighted by molar-refractivity contribution is -0.137. The maximum absolute atomic E-state index is 12.7. The molecule has 26 heavy (non-hydrogen) atoms. The third-order valence-corrected chi connectivity index (χ3v) is 4.42. The van der Waals surface area contributed by atoms with E-state index in [1.165, 1.54) is 24.3 Å². The number of amides is 1. The Hall–Kier alpha value is -2.43. The number of hydrogen-bond acceptors (Lipinski definition) is 4. The number of anilines is 1. The summed E-state index contributed by atoms with van der Waals surface area (Å²) < 4.78 is 60.4. The molecular formula is C16H15F3N2O4S. The molecule has 2 aromatic carbocycles. The van der Waals surface area contributed by atoms with E-state index in [2.05, 4.69) is 5.32 Å². The summed E-state index contributed by atoms with van der Waals surface area (Å²) in [7, 11) is -3.84. The zero-order valence-corrected chi connectivity index (χ0v) is 14.1. The monoisotopic (exact) mass is 388 g/mol. The van der Waals surface area contributed by atoms with Gasteiger partial charge in [0.2, 0.25) is 15.9 Å². The summed E-state index contributed by atoms with van der Waals surface area (Å²) in [6.45, 7) is -0.678. The van der Waals surface area contributed by atoms with Crippen LogP contribution in [0, 0.1) is 0 Å². The minimum Gasteiger partial charge on any atom is -0.392 e. The van der Waals surface area contributed by atoms with E-state index in [1.807, 2.05) is 0 Å². The Balaban J connectivity index is 2.12. The Kier molecular flexibility index (Phi) is 5.69. The van der Waals surface area contributed by atoms with Crippen molar-refractivity contribution < 1.29 is 31.5 Å². The number of nitrogens with two attached hydrogens (primary N) is 1. The smallest absolute Gasteiger partial charge is 0.392 e. The molecule has 0 aliphatic heterocycles. The minimum atomic E-state index is -4.56. The van der Waals surface area contributed by atoms with Crippen molar-refractivity contribution in [2.75, 3.05) is 5.32 Å². The summed E-state index contributed by atoms with van der Waals surface area (Å²) in [5, 5.41) is 16.6. The summed E-state index contributed by atoms with van der Waals surface area (Å²) in [4.78, 5) is 12.0. The van der Waals surface area contributed by atoms with Gasteiger partial charge in [0, 0.05) is 11.3 Å². The molecule has 0 atom stereocenters. The van der Waals surface area contributed by atoms with E-state index in [4.69, 9.17) is 5.14 Å². The van der Waals surface area contributed by atoms with E-state index < -0.39 is 34.3 Å². The van der Waals surface area contributed by atoms with Gasteiger partial charge in [-0.3, -0.25) is 4.79 Å². The predicted molar refractivity (Wildman–Crippen MR) is 87.5 cm³/mol. The van der Waals surface area contributed by atoms with Crippen molar-refractivity contribution in [1.29, 1.82) is 0 Å². The molecule has 0 radical (unpaired) electrons. The lowest BCUT2D eigenvalue weighted by atomic mass is 10.1. The van der Waals surface area contributed by atoms with Crippen LogP contribution in [0.5, 0.6) is 0 Å². The van der Waals surface area contributed by atoms with Gasteiger partial charge in [-0.05, 0) is 35.9 Å². The second-order valence-electron chi connectivity index (χ2n) is 5.44. The normalized spacial score (nSPS) is 12.0. The number of carbonyl (C=O) groups excluding carboxylic acids is 1. The quantitative estimate of drug-likeness (QED) is 0.728. The highest BCUT2D eigenvalue weighted by molar-refractivity contribution is 7.89. The minimum absolute atomic E-state index is 0.0617. The molecule has 0 unspecified atom stereocenters. The number of aliphatic hydroxyl groups excluding tert-OH is 1. The average molecular weight is 388 g/mol. The lowest BCUT2D eigenvalue weighted by Gasteiger charge is -2.13. The van der Waals surface area contributed by atoms with Crippen LogP contribution in [0.2, 0.25) is 0 Å². The summed E-state index contributed by atoms with van der Waals surface area (Å²) in [5.41, 5.74) is -0.463. The SMILES string of the molecule is NS(=O)(=O)c1ccc(CC(=O)Nc2ccc(C(F)(F)F)cc2CO)cc1. The molecule has 0 aliphatic rings. The molecule has 6 nitrogen and oxygen atoms in total. The van der Waals surface area contributed by atoms with Gasteiger partial charge < -0.3 is 10.4 Å². The van der Waals surface area contributed by atoms with Crippen molar-refractivity contribution in [2.24, 2.45) is 5.14 Å². The summed E-state index contributed by atoms with van der Waals surface area (Å²) >= 11 is 0. The Morgan fingerprint density at radius 3 is 2.23 bits per heavy atom. The molecule has 0 saturated heterocycles. The summed E-state index contributed by atoms with van der Waals surface area (Å²) in [5.74, 6) is -0.539. The van der Waals surface area contributed by atoms with Gasteiger partial charge >= 0.3 is 6.18 Å². The zero-order chi connectivity index (χ0) is 19.5. The van der Waals surface area contributed by atoms with Gasteiger partial charge in [-0.25, -0.2) is 13.6 Å². The number of nitrogens with one attached hydrogen (secondary N) is 1. The van der Waals surface area contributed by atoms with Gasteiger partial charge in [-0.15, -0.1) is 0 Å². The van der Waals surface area contributed by atoms with E-state index in [0.29, 0.717) is 5.56 Å². The van der Waals surface area contributed by atoms with Crippen LogP contribution in [0.4, 0.5) is 18.9 Å². The third-order valence-electron chi connectivity index (χ3n) is 3.49. The number of sulfonamides is 1. The summed E-state index contributed by atoms with van der Waals surface area (Å²) in [6, 6.07) is 7.92. The van der Waals surface area contributed by atoms with E-state index >= 15 is 0 Å². The molecule has 140 valence electrons. The first-order chi connectivity index (χ1) is 12.0. The highest BCUT2D eigenvalue weighted by atomic mass is 32.2. The topological polar surface area (TPSA) is 109 Å². The van der Waals surface area contributed by atoms with Gasteiger partial charge in [0.05, 0.1) is 23.5 Å². The maximum Gasteiger partial charge on any atom is 0.416 e. The van der Waals surface area contributed by atoms with E-state index in [1.54, 1.807) is 0 Å². The molecule has 1 amide bonds. The van der Waals surface area contributed by atoms with Crippen LogP contribution in [-0.2, 0) is 34.0 Å². The number of halogens is 3. The first kappa shape index (κ1) is 19.9. The largest absolute Gasteiger partial charge is 0.416 e. The fraction of sp³-hybridized carbons (Fsp3) is 0.188. The highest BCUT2D eigenvalue weighted by Crippen LogP contribution is 2.32. The molecular weight excluding hydrogens is 373 g/mol. The highest BCUT2D eigenvalue weighted by Gasteiger charge is 2.31. The Bertz CT molecular complexity index is 910. The van der Waals surface area contributed by atoms with Gasteiger partial charge in [-0.1, -0.05) is 12.1 Å². The second kappa shape index (κ2) is 7.44. The number of carbonyl (C=O) groups is 1. The second-order valence-corrected chi connectivity index (χ2v) is 7.00. The van der Waals surface area contributed by atoms with Gasteiger partial charge in [0.1, 0.15) is 0 Å². The number of benzene rings is 2. The van der Waals surface area contributed by atoms with Crippen LogP contribution in [0.25, 0.3) is 0 Å². The molecule has 0 bridgehead atoms. The van der Waals surface area contributed by atoms with Crippen LogP contribution in [0.3, 0.4) is 0 Å². The molecule has 0 spiro atoms. The number of hydrogen-bond donors (Lipinski definition) is 3. The summed E-state index contributed by atoms with van der Waals surface area (Å²) in [6.07, 6.45) is -4.70. The molecule has 0 aromatic heterocycles. The number of alkyl halides is 3. The first-order valence-electron chi connectivity index (χ1n) is 7.23. The van der Waals surface area contributed by atoms with Crippen LogP contribution >= 0.6 is 0 Å². The van der Waals surface area contributed by atoms with Crippen LogP contribution in [0.15, 0.2) is 47.4 Å². The van der Waals surface area contributed by atoms with E-state index in [0.717, 1.165) is 18.2 Å². The lowest BCUT2D eigenvalue weighted by Crippen LogP contribution is -2.17. The maximum atomic E-state index is 12.7. The molecule has 2 rings (SSSR count). The zero-order valence-electron chi connectivity index (χ0n) is 13.2. The first-order valence-corrected chi connectivity index (χ1v) is 8.78. The molecule has 4 N–H and O–H groups in total. The van der Waals surface area contributed by atoms with E-state index in [-0.39, 0.29) is 22.6 Å². The molecule has 2 aromatic rings. The average Bonchev–Trinajstić information content (AvgIpc) is 2.53. The number of rotatable bonds is 5. The van der Waals surface area contributed by atoms with Crippen LogP contribution in [-0.4, -0.2) is 19.4 Å². The van der Waals surface area contributed by atoms with Crippen molar-refractivity contribution in [3.05, 3.63) is 59.2 Å². The molecule has 0 heterocycles.